The molecule has 3 aromatic carbocycles. The lowest BCUT2D eigenvalue weighted by atomic mass is 10.1. The zero-order chi connectivity index (χ0) is 25.7. The van der Waals surface area contributed by atoms with Crippen molar-refractivity contribution >= 4 is 0 Å². The number of aryl methyl sites for hydroxylation is 4. The molecule has 0 aliphatic carbocycles. The Balaban J connectivity index is 1.75. The number of benzene rings is 3. The second-order valence-corrected chi connectivity index (χ2v) is 9.65. The minimum absolute atomic E-state index is 0.0880. The molecule has 4 aromatic rings. The Morgan fingerprint density at radius 3 is 1.67 bits per heavy atom. The number of aromatic nitrogens is 3. The molecule has 1 N–H and O–H groups in total. The molecule has 0 amide bonds. The van der Waals surface area contributed by atoms with Gasteiger partial charge in [-0.15, -0.1) is 0 Å². The molecule has 4 rings (SSSR count). The molecular weight excluding hydrogens is 446 g/mol. The molecule has 0 aliphatic heterocycles. The molecule has 1 aromatic heterocycles. The van der Waals surface area contributed by atoms with E-state index in [1.54, 1.807) is 6.07 Å². The van der Waals surface area contributed by atoms with Crippen LogP contribution < -0.4 is 4.74 Å². The number of nitrogens with zero attached hydrogens (tertiary/aromatic N) is 3. The number of aromatic hydroxyl groups is 1. The van der Waals surface area contributed by atoms with E-state index in [4.69, 9.17) is 19.7 Å². The van der Waals surface area contributed by atoms with Gasteiger partial charge in [0.05, 0.1) is 12.2 Å². The summed E-state index contributed by atoms with van der Waals surface area (Å²) in [6.07, 6.45) is 4.55. The number of phenolic OH excluding ortho intramolecular Hbond substituents is 1. The largest absolute Gasteiger partial charge is 0.507 e. The Labute approximate surface area is 214 Å². The minimum atomic E-state index is 0.0880. The van der Waals surface area contributed by atoms with E-state index in [0.29, 0.717) is 35.4 Å². The molecule has 0 atom stereocenters. The summed E-state index contributed by atoms with van der Waals surface area (Å²) < 4.78 is 5.85. The molecule has 0 radical (unpaired) electrons. The first-order valence-electron chi connectivity index (χ1n) is 12.7. The second kappa shape index (κ2) is 11.3. The van der Waals surface area contributed by atoms with E-state index in [-0.39, 0.29) is 5.75 Å². The van der Waals surface area contributed by atoms with Crippen molar-refractivity contribution in [3.63, 3.8) is 0 Å². The van der Waals surface area contributed by atoms with Crippen molar-refractivity contribution in [3.05, 3.63) is 76.9 Å². The SMILES string of the molecule is CCCCCCOc1ccc(-c2nc(-c3cc(C)cc(C)c3)nc(-c3cc(C)cc(C)c3)n2)c(O)c1. The highest BCUT2D eigenvalue weighted by Crippen LogP contribution is 2.33. The van der Waals surface area contributed by atoms with E-state index < -0.39 is 0 Å². The van der Waals surface area contributed by atoms with E-state index in [1.165, 1.54) is 12.8 Å². The average molecular weight is 482 g/mol. The molecule has 36 heavy (non-hydrogen) atoms. The summed E-state index contributed by atoms with van der Waals surface area (Å²) in [6.45, 7) is 11.1. The number of rotatable bonds is 9. The van der Waals surface area contributed by atoms with Crippen molar-refractivity contribution in [2.75, 3.05) is 6.61 Å². The fourth-order valence-electron chi connectivity index (χ4n) is 4.47. The van der Waals surface area contributed by atoms with Gasteiger partial charge >= 0.3 is 0 Å². The van der Waals surface area contributed by atoms with E-state index in [1.807, 2.05) is 12.1 Å². The smallest absolute Gasteiger partial charge is 0.167 e. The van der Waals surface area contributed by atoms with E-state index in [0.717, 1.165) is 46.2 Å². The monoisotopic (exact) mass is 481 g/mol. The van der Waals surface area contributed by atoms with Crippen LogP contribution in [-0.4, -0.2) is 26.7 Å². The highest BCUT2D eigenvalue weighted by molar-refractivity contribution is 5.71. The first-order valence-corrected chi connectivity index (χ1v) is 12.7. The lowest BCUT2D eigenvalue weighted by Crippen LogP contribution is -2.02. The van der Waals surface area contributed by atoms with E-state index in [2.05, 4.69) is 71.0 Å². The van der Waals surface area contributed by atoms with Crippen LogP contribution in [-0.2, 0) is 0 Å². The average Bonchev–Trinajstić information content (AvgIpc) is 2.82. The summed E-state index contributed by atoms with van der Waals surface area (Å²) in [5.74, 6) is 2.32. The lowest BCUT2D eigenvalue weighted by molar-refractivity contribution is 0.303. The highest BCUT2D eigenvalue weighted by atomic mass is 16.5. The number of hydrogen-bond acceptors (Lipinski definition) is 5. The topological polar surface area (TPSA) is 68.1 Å². The Hall–Kier alpha value is -3.73. The van der Waals surface area contributed by atoms with Crippen molar-refractivity contribution < 1.29 is 9.84 Å². The summed E-state index contributed by atoms with van der Waals surface area (Å²) in [4.78, 5) is 14.4. The van der Waals surface area contributed by atoms with Gasteiger partial charge < -0.3 is 9.84 Å². The van der Waals surface area contributed by atoms with Crippen LogP contribution in [0, 0.1) is 27.7 Å². The van der Waals surface area contributed by atoms with Gasteiger partial charge in [-0.3, -0.25) is 0 Å². The van der Waals surface area contributed by atoms with Crippen LogP contribution in [0.2, 0.25) is 0 Å². The zero-order valence-corrected chi connectivity index (χ0v) is 21.9. The Kier molecular flexibility index (Phi) is 7.99. The number of phenols is 1. The number of hydrogen-bond donors (Lipinski definition) is 1. The molecule has 0 aliphatic rings. The third-order valence-corrected chi connectivity index (χ3v) is 6.07. The van der Waals surface area contributed by atoms with Gasteiger partial charge in [-0.25, -0.2) is 15.0 Å². The quantitative estimate of drug-likeness (QED) is 0.247. The van der Waals surface area contributed by atoms with Crippen molar-refractivity contribution in [1.82, 2.24) is 15.0 Å². The van der Waals surface area contributed by atoms with E-state index >= 15 is 0 Å². The molecule has 1 heterocycles. The van der Waals surface area contributed by atoms with Crippen molar-refractivity contribution in [1.29, 1.82) is 0 Å². The fraction of sp³-hybridized carbons (Fsp3) is 0.323. The van der Waals surface area contributed by atoms with Gasteiger partial charge in [0.15, 0.2) is 17.5 Å². The fourth-order valence-corrected chi connectivity index (χ4v) is 4.47. The predicted octanol–water partition coefficient (Wildman–Crippen LogP) is 7.77. The van der Waals surface area contributed by atoms with Crippen LogP contribution in [0.5, 0.6) is 11.5 Å². The lowest BCUT2D eigenvalue weighted by Gasteiger charge is -2.12. The predicted molar refractivity (Wildman–Crippen MR) is 146 cm³/mol. The molecule has 0 unspecified atom stereocenters. The third kappa shape index (κ3) is 6.28. The van der Waals surface area contributed by atoms with Gasteiger partial charge in [0, 0.05) is 17.2 Å². The maximum atomic E-state index is 10.9. The minimum Gasteiger partial charge on any atom is -0.507 e. The summed E-state index contributed by atoms with van der Waals surface area (Å²) in [5.41, 5.74) is 6.96. The molecule has 0 fully saturated rings. The molecule has 5 nitrogen and oxygen atoms in total. The Morgan fingerprint density at radius 2 is 1.17 bits per heavy atom. The Morgan fingerprint density at radius 1 is 0.639 bits per heavy atom. The van der Waals surface area contributed by atoms with Crippen LogP contribution in [0.15, 0.2) is 54.6 Å². The van der Waals surface area contributed by atoms with Gasteiger partial charge in [0.25, 0.3) is 0 Å². The summed E-state index contributed by atoms with van der Waals surface area (Å²) in [5, 5.41) is 10.9. The first-order chi connectivity index (χ1) is 17.3. The van der Waals surface area contributed by atoms with Crippen molar-refractivity contribution in [3.8, 4) is 45.7 Å². The first kappa shape index (κ1) is 25.4. The standard InChI is InChI=1S/C31H35N3O2/c1-6-7-8-9-12-36-26-10-11-27(28(35)19-26)31-33-29(24-15-20(2)13-21(3)16-24)32-30(34-31)25-17-22(4)14-23(5)18-25/h10-11,13-19,35H,6-9,12H2,1-5H3. The summed E-state index contributed by atoms with van der Waals surface area (Å²) in [7, 11) is 0. The number of unbranched alkanes of at least 4 members (excludes halogenated alkanes) is 3. The highest BCUT2D eigenvalue weighted by Gasteiger charge is 2.16. The number of ether oxygens (including phenoxy) is 1. The second-order valence-electron chi connectivity index (χ2n) is 9.65. The molecule has 0 saturated carbocycles. The van der Waals surface area contributed by atoms with Crippen LogP contribution in [0.3, 0.4) is 0 Å². The molecule has 0 spiro atoms. The van der Waals surface area contributed by atoms with Crippen LogP contribution in [0.1, 0.15) is 54.9 Å². The normalized spacial score (nSPS) is 11.0. The maximum Gasteiger partial charge on any atom is 0.167 e. The van der Waals surface area contributed by atoms with Crippen molar-refractivity contribution in [2.45, 2.75) is 60.3 Å². The van der Waals surface area contributed by atoms with E-state index in [9.17, 15) is 5.11 Å². The Bertz CT molecular complexity index is 1250. The van der Waals surface area contributed by atoms with Gasteiger partial charge in [0.2, 0.25) is 0 Å². The molecule has 186 valence electrons. The van der Waals surface area contributed by atoms with Crippen LogP contribution >= 0.6 is 0 Å². The molecule has 0 saturated heterocycles. The zero-order valence-electron chi connectivity index (χ0n) is 21.9. The summed E-state index contributed by atoms with van der Waals surface area (Å²) >= 11 is 0. The van der Waals surface area contributed by atoms with Gasteiger partial charge in [0.1, 0.15) is 11.5 Å². The molecular formula is C31H35N3O2. The van der Waals surface area contributed by atoms with Gasteiger partial charge in [-0.1, -0.05) is 60.6 Å². The third-order valence-electron chi connectivity index (χ3n) is 6.07. The van der Waals surface area contributed by atoms with Gasteiger partial charge in [-0.2, -0.15) is 0 Å². The molecule has 0 bridgehead atoms. The van der Waals surface area contributed by atoms with Gasteiger partial charge in [-0.05, 0) is 70.5 Å². The van der Waals surface area contributed by atoms with Crippen LogP contribution in [0.4, 0.5) is 0 Å². The maximum absolute atomic E-state index is 10.9. The summed E-state index contributed by atoms with van der Waals surface area (Å²) in [6, 6.07) is 17.9. The van der Waals surface area contributed by atoms with Crippen molar-refractivity contribution in [2.24, 2.45) is 0 Å². The van der Waals surface area contributed by atoms with Crippen LogP contribution in [0.25, 0.3) is 34.2 Å². The molecule has 5 heteroatoms.